The molecule has 0 unspecified atom stereocenters. The second-order valence-corrected chi connectivity index (χ2v) is 14.7. The fraction of sp³-hybridized carbons (Fsp3) is 0.0400. The minimum Gasteiger partial charge on any atom is -0.330 e. The zero-order valence-electron chi connectivity index (χ0n) is 30.8. The van der Waals surface area contributed by atoms with Gasteiger partial charge in [0.2, 0.25) is 0 Å². The van der Waals surface area contributed by atoms with Crippen molar-refractivity contribution in [3.05, 3.63) is 206 Å². The molecule has 0 atom stereocenters. The Morgan fingerprint density at radius 2 is 0.636 bits per heavy atom. The van der Waals surface area contributed by atoms with Crippen LogP contribution in [0.15, 0.2) is 206 Å². The van der Waals surface area contributed by atoms with Crippen molar-refractivity contribution in [3.63, 3.8) is 0 Å². The fourth-order valence-corrected chi connectivity index (χ4v) is 8.44. The van der Waals surface area contributed by atoms with Gasteiger partial charge in [0.05, 0.1) is 0 Å². The molecule has 55 heavy (non-hydrogen) atoms. The second-order valence-electron chi connectivity index (χ2n) is 13.6. The number of benzene rings is 6. The van der Waals surface area contributed by atoms with Crippen molar-refractivity contribution in [2.45, 2.75) is 0 Å². The van der Waals surface area contributed by atoms with Crippen molar-refractivity contribution in [1.82, 2.24) is 9.13 Å². The van der Waals surface area contributed by atoms with Gasteiger partial charge in [0, 0.05) is 58.0 Å². The van der Waals surface area contributed by atoms with E-state index >= 15 is 0 Å². The molecule has 0 fully saturated rings. The Labute approximate surface area is 327 Å². The summed E-state index contributed by atoms with van der Waals surface area (Å²) in [7, 11) is 4.29. The highest BCUT2D eigenvalue weighted by Gasteiger charge is 2.20. The predicted molar refractivity (Wildman–Crippen MR) is 233 cm³/mol. The molecule has 0 aliphatic carbocycles. The van der Waals surface area contributed by atoms with Crippen molar-refractivity contribution in [2.24, 2.45) is 14.1 Å². The van der Waals surface area contributed by atoms with Crippen LogP contribution in [0.5, 0.6) is 0 Å². The summed E-state index contributed by atoms with van der Waals surface area (Å²) < 4.78 is 4.54. The first-order valence-electron chi connectivity index (χ1n) is 18.6. The van der Waals surface area contributed by atoms with Crippen LogP contribution >= 0.6 is 11.3 Å². The molecule has 0 N–H and O–H groups in total. The van der Waals surface area contributed by atoms with E-state index in [9.17, 15) is 0 Å². The van der Waals surface area contributed by atoms with E-state index in [4.69, 9.17) is 0 Å². The topological polar surface area (TPSA) is 16.3 Å². The largest absolute Gasteiger partial charge is 0.330 e. The highest BCUT2D eigenvalue weighted by atomic mass is 32.1. The number of rotatable bonds is 10. The van der Waals surface area contributed by atoms with Gasteiger partial charge in [-0.05, 0) is 107 Å². The van der Waals surface area contributed by atoms with Crippen molar-refractivity contribution in [3.8, 4) is 43.4 Å². The Morgan fingerprint density at radius 3 is 1.00 bits per heavy atom. The van der Waals surface area contributed by atoms with Crippen LogP contribution in [0.1, 0.15) is 0 Å². The zero-order chi connectivity index (χ0) is 37.1. The van der Waals surface area contributed by atoms with Crippen LogP contribution in [-0.2, 0) is 14.1 Å². The van der Waals surface area contributed by atoms with Crippen molar-refractivity contribution in [2.75, 3.05) is 9.80 Å². The number of anilines is 6. The lowest BCUT2D eigenvalue weighted by molar-refractivity contribution is 0.921. The van der Waals surface area contributed by atoms with Gasteiger partial charge in [-0.15, -0.1) is 11.3 Å². The molecule has 6 aromatic carbocycles. The third-order valence-electron chi connectivity index (χ3n) is 10.2. The maximum atomic E-state index is 2.33. The summed E-state index contributed by atoms with van der Waals surface area (Å²) >= 11 is 1.82. The van der Waals surface area contributed by atoms with Gasteiger partial charge in [0.25, 0.3) is 0 Å². The second kappa shape index (κ2) is 14.9. The number of aromatic nitrogens is 2. The summed E-state index contributed by atoms with van der Waals surface area (Å²) in [6.45, 7) is 0. The van der Waals surface area contributed by atoms with E-state index in [0.717, 1.165) is 34.4 Å². The van der Waals surface area contributed by atoms with Crippen LogP contribution in [-0.4, -0.2) is 9.13 Å². The van der Waals surface area contributed by atoms with Gasteiger partial charge in [-0.1, -0.05) is 121 Å². The molecule has 0 spiro atoms. The molecule has 9 rings (SSSR count). The number of thiophene rings is 1. The zero-order valence-corrected chi connectivity index (χ0v) is 31.6. The fourth-order valence-electron chi connectivity index (χ4n) is 7.43. The van der Waals surface area contributed by atoms with E-state index in [2.05, 4.69) is 239 Å². The first kappa shape index (κ1) is 34.0. The average Bonchev–Trinajstić information content (AvgIpc) is 4.00. The highest BCUT2D eigenvalue weighted by Crippen LogP contribution is 2.42. The molecule has 5 heteroatoms. The predicted octanol–water partition coefficient (Wildman–Crippen LogP) is 14.0. The van der Waals surface area contributed by atoms with Crippen molar-refractivity contribution < 1.29 is 0 Å². The smallest absolute Gasteiger partial charge is 0.117 e. The van der Waals surface area contributed by atoms with Gasteiger partial charge in [0.1, 0.15) is 11.6 Å². The van der Waals surface area contributed by atoms with E-state index < -0.39 is 0 Å². The molecule has 0 bridgehead atoms. The molecular weight excluding hydrogens is 689 g/mol. The van der Waals surface area contributed by atoms with Gasteiger partial charge in [-0.3, -0.25) is 9.80 Å². The molecule has 4 nitrogen and oxygen atoms in total. The standard InChI is InChI=1S/C50H40N4S/c1-51-45(37-15-7-3-8-16-37)31-35-49(51)53(41-19-11-5-12-20-41)43-27-23-39(24-28-43)47-33-34-48(55-47)40-25-29-44(30-26-40)54(42-21-13-6-14-22-42)50-36-32-46(52(50)2)38-17-9-4-10-18-38/h3-36H,1-2H3. The van der Waals surface area contributed by atoms with E-state index in [0.29, 0.717) is 0 Å². The van der Waals surface area contributed by atoms with E-state index in [1.807, 2.05) is 11.3 Å². The van der Waals surface area contributed by atoms with Crippen LogP contribution < -0.4 is 9.80 Å². The Hall–Kier alpha value is -6.82. The van der Waals surface area contributed by atoms with Crippen molar-refractivity contribution in [1.29, 1.82) is 0 Å². The molecule has 0 radical (unpaired) electrons. The molecule has 0 amide bonds. The van der Waals surface area contributed by atoms with Crippen LogP contribution in [0, 0.1) is 0 Å². The number of hydrogen-bond donors (Lipinski definition) is 0. The summed E-state index contributed by atoms with van der Waals surface area (Å²) in [6, 6.07) is 73.5. The van der Waals surface area contributed by atoms with Gasteiger partial charge >= 0.3 is 0 Å². The SMILES string of the molecule is Cn1c(-c2ccccc2)ccc1N(c1ccccc1)c1ccc(-c2ccc(-c3ccc(N(c4ccccc4)c4ccc(-c5ccccc5)n4C)cc3)s2)cc1. The molecule has 3 heterocycles. The number of hydrogen-bond acceptors (Lipinski definition) is 3. The molecule has 0 aliphatic rings. The Bertz CT molecular complexity index is 2450. The normalized spacial score (nSPS) is 11.1. The molecule has 3 aromatic heterocycles. The summed E-state index contributed by atoms with van der Waals surface area (Å²) in [5.41, 5.74) is 11.6. The third kappa shape index (κ3) is 6.67. The van der Waals surface area contributed by atoms with Crippen LogP contribution in [0.25, 0.3) is 43.4 Å². The lowest BCUT2D eigenvalue weighted by atomic mass is 10.1. The lowest BCUT2D eigenvalue weighted by Gasteiger charge is -2.26. The number of para-hydroxylation sites is 2. The molecule has 0 aliphatic heterocycles. The molecule has 0 saturated heterocycles. The lowest BCUT2D eigenvalue weighted by Crippen LogP contribution is -2.13. The Balaban J connectivity index is 0.992. The quantitative estimate of drug-likeness (QED) is 0.139. The summed E-state index contributed by atoms with van der Waals surface area (Å²) in [5, 5.41) is 0. The molecule has 9 aromatic rings. The average molecular weight is 729 g/mol. The Kier molecular flexibility index (Phi) is 9.20. The van der Waals surface area contributed by atoms with E-state index in [1.54, 1.807) is 0 Å². The number of nitrogens with zero attached hydrogens (tertiary/aromatic N) is 4. The summed E-state index contributed by atoms with van der Waals surface area (Å²) in [6.07, 6.45) is 0. The first-order valence-corrected chi connectivity index (χ1v) is 19.4. The van der Waals surface area contributed by atoms with Crippen LogP contribution in [0.4, 0.5) is 34.4 Å². The highest BCUT2D eigenvalue weighted by molar-refractivity contribution is 7.18. The summed E-state index contributed by atoms with van der Waals surface area (Å²) in [5.74, 6) is 2.21. The molecular formula is C50H40N4S. The minimum atomic E-state index is 1.11. The van der Waals surface area contributed by atoms with Crippen molar-refractivity contribution >= 4 is 45.7 Å². The summed E-state index contributed by atoms with van der Waals surface area (Å²) in [4.78, 5) is 7.14. The monoisotopic (exact) mass is 728 g/mol. The van der Waals surface area contributed by atoms with Gasteiger partial charge in [0.15, 0.2) is 0 Å². The van der Waals surface area contributed by atoms with Gasteiger partial charge in [-0.25, -0.2) is 0 Å². The van der Waals surface area contributed by atoms with Crippen LogP contribution in [0.3, 0.4) is 0 Å². The maximum Gasteiger partial charge on any atom is 0.117 e. The molecule has 0 saturated carbocycles. The maximum absolute atomic E-state index is 2.33. The molecule has 266 valence electrons. The first-order chi connectivity index (χ1) is 27.1. The van der Waals surface area contributed by atoms with Gasteiger partial charge in [-0.2, -0.15) is 0 Å². The van der Waals surface area contributed by atoms with Gasteiger partial charge < -0.3 is 9.13 Å². The minimum absolute atomic E-state index is 1.11. The van der Waals surface area contributed by atoms with Crippen LogP contribution in [0.2, 0.25) is 0 Å². The van der Waals surface area contributed by atoms with E-state index in [1.165, 1.54) is 43.4 Å². The Morgan fingerprint density at radius 1 is 0.309 bits per heavy atom. The van der Waals surface area contributed by atoms with E-state index in [-0.39, 0.29) is 0 Å². The third-order valence-corrected chi connectivity index (χ3v) is 11.4.